The van der Waals surface area contributed by atoms with Crippen molar-refractivity contribution in [1.29, 1.82) is 0 Å². The van der Waals surface area contributed by atoms with Gasteiger partial charge in [-0.1, -0.05) is 12.1 Å². The Balaban J connectivity index is 1.43. The van der Waals surface area contributed by atoms with E-state index in [1.807, 2.05) is 0 Å². The number of hydrogen-bond donors (Lipinski definition) is 8. The van der Waals surface area contributed by atoms with Crippen molar-refractivity contribution in [3.63, 3.8) is 0 Å². The van der Waals surface area contributed by atoms with Crippen molar-refractivity contribution in [2.45, 2.75) is 62.1 Å². The van der Waals surface area contributed by atoms with Crippen LogP contribution in [0.3, 0.4) is 0 Å². The highest BCUT2D eigenvalue weighted by atomic mass is 16.5. The highest BCUT2D eigenvalue weighted by molar-refractivity contribution is 5.55. The number of aromatic hydroxyl groups is 6. The molecular formula is C30H32O10. The molecule has 8 atom stereocenters. The predicted octanol–water partition coefficient (Wildman–Crippen LogP) is 3.81. The Bertz CT molecular complexity index is 1420. The van der Waals surface area contributed by atoms with Crippen molar-refractivity contribution in [3.8, 4) is 40.2 Å². The number of aliphatic hydroxyl groups excluding tert-OH is 2. The Kier molecular flexibility index (Phi) is 6.56. The second kappa shape index (κ2) is 9.96. The van der Waals surface area contributed by atoms with Crippen LogP contribution in [0.15, 0.2) is 48.5 Å². The van der Waals surface area contributed by atoms with Crippen LogP contribution in [0.2, 0.25) is 0 Å². The monoisotopic (exact) mass is 552 g/mol. The van der Waals surface area contributed by atoms with E-state index in [1.54, 1.807) is 6.07 Å². The molecule has 2 fully saturated rings. The van der Waals surface area contributed by atoms with E-state index in [1.165, 1.54) is 36.4 Å². The minimum Gasteiger partial charge on any atom is -0.508 e. The molecule has 0 bridgehead atoms. The van der Waals surface area contributed by atoms with Gasteiger partial charge in [-0.15, -0.1) is 0 Å². The minimum absolute atomic E-state index is 0.0595. The summed E-state index contributed by atoms with van der Waals surface area (Å²) in [6, 6.07) is 11.1. The highest BCUT2D eigenvalue weighted by Gasteiger charge is 2.53. The molecule has 3 aromatic rings. The zero-order valence-electron chi connectivity index (χ0n) is 21.5. The van der Waals surface area contributed by atoms with Crippen LogP contribution in [0.1, 0.15) is 60.5 Å². The van der Waals surface area contributed by atoms with Crippen LogP contribution in [0.5, 0.6) is 40.2 Å². The van der Waals surface area contributed by atoms with E-state index < -0.39 is 48.1 Å². The number of ether oxygens (including phenoxy) is 2. The molecule has 0 spiro atoms. The summed E-state index contributed by atoms with van der Waals surface area (Å²) in [5.74, 6) is -3.18. The normalized spacial score (nSPS) is 31.6. The summed E-state index contributed by atoms with van der Waals surface area (Å²) in [5.41, 5.74) is 1.26. The molecule has 3 aromatic carbocycles. The molecule has 0 amide bonds. The average Bonchev–Trinajstić information content (AvgIpc) is 2.92. The van der Waals surface area contributed by atoms with Gasteiger partial charge in [0.25, 0.3) is 0 Å². The maximum absolute atomic E-state index is 11.8. The molecule has 2 aliphatic heterocycles. The molecule has 8 N–H and O–H groups in total. The van der Waals surface area contributed by atoms with Gasteiger partial charge < -0.3 is 50.3 Å². The summed E-state index contributed by atoms with van der Waals surface area (Å²) in [7, 11) is 0. The number of phenols is 6. The lowest BCUT2D eigenvalue weighted by molar-refractivity contribution is -0.175. The predicted molar refractivity (Wildman–Crippen MR) is 141 cm³/mol. The van der Waals surface area contributed by atoms with Crippen LogP contribution < -0.4 is 4.74 Å². The fourth-order valence-corrected chi connectivity index (χ4v) is 6.84. The minimum atomic E-state index is -1.31. The fourth-order valence-electron chi connectivity index (χ4n) is 6.84. The summed E-state index contributed by atoms with van der Waals surface area (Å²) >= 11 is 0. The molecule has 1 aliphatic carbocycles. The van der Waals surface area contributed by atoms with E-state index in [0.29, 0.717) is 30.4 Å². The van der Waals surface area contributed by atoms with Gasteiger partial charge in [-0.2, -0.15) is 0 Å². The van der Waals surface area contributed by atoms with E-state index in [4.69, 9.17) is 9.47 Å². The van der Waals surface area contributed by atoms with Gasteiger partial charge in [-0.05, 0) is 67.0 Å². The van der Waals surface area contributed by atoms with Crippen LogP contribution in [-0.4, -0.2) is 59.2 Å². The quantitative estimate of drug-likeness (QED) is 0.223. The van der Waals surface area contributed by atoms with Crippen LogP contribution in [0, 0.1) is 11.8 Å². The van der Waals surface area contributed by atoms with E-state index in [-0.39, 0.29) is 46.0 Å². The first-order valence-electron chi connectivity index (χ1n) is 13.4. The van der Waals surface area contributed by atoms with Crippen LogP contribution >= 0.6 is 0 Å². The average molecular weight is 553 g/mol. The van der Waals surface area contributed by atoms with Crippen molar-refractivity contribution in [2.24, 2.45) is 11.8 Å². The van der Waals surface area contributed by atoms with Gasteiger partial charge in [-0.25, -0.2) is 0 Å². The lowest BCUT2D eigenvalue weighted by Gasteiger charge is -2.51. The van der Waals surface area contributed by atoms with Gasteiger partial charge in [0.1, 0.15) is 23.4 Å². The lowest BCUT2D eigenvalue weighted by Crippen LogP contribution is -2.53. The zero-order chi connectivity index (χ0) is 28.3. The molecule has 0 radical (unpaired) electrons. The summed E-state index contributed by atoms with van der Waals surface area (Å²) in [6.07, 6.45) is -1.65. The topological polar surface area (TPSA) is 180 Å². The van der Waals surface area contributed by atoms with Crippen LogP contribution in [0.25, 0.3) is 0 Å². The van der Waals surface area contributed by atoms with Crippen LogP contribution in [-0.2, 0) is 4.74 Å². The molecule has 7 unspecified atom stereocenters. The molecule has 6 rings (SSSR count). The van der Waals surface area contributed by atoms with Crippen molar-refractivity contribution in [2.75, 3.05) is 0 Å². The first-order chi connectivity index (χ1) is 19.1. The SMILES string of the molecule is Oc1cc(O)c2c(c1)OC(c1ccc(O)c(O)c1)C(O)[C@H]2C1C(O)CCC2CCC(c3ccc(O)c(O)c3)OC21. The van der Waals surface area contributed by atoms with Crippen molar-refractivity contribution >= 4 is 0 Å². The maximum Gasteiger partial charge on any atom is 0.157 e. The van der Waals surface area contributed by atoms with Crippen LogP contribution in [0.4, 0.5) is 0 Å². The molecule has 212 valence electrons. The summed E-state index contributed by atoms with van der Waals surface area (Å²) in [6.45, 7) is 0. The van der Waals surface area contributed by atoms with Gasteiger partial charge in [0.05, 0.1) is 18.3 Å². The number of hydrogen-bond acceptors (Lipinski definition) is 10. The van der Waals surface area contributed by atoms with E-state index in [0.717, 1.165) is 12.5 Å². The Labute approximate surface area is 229 Å². The third kappa shape index (κ3) is 4.42. The molecule has 10 nitrogen and oxygen atoms in total. The fraction of sp³-hybridized carbons (Fsp3) is 0.400. The number of phenolic OH excluding ortho intramolecular Hbond substituents is 6. The number of benzene rings is 3. The number of rotatable bonds is 3. The summed E-state index contributed by atoms with van der Waals surface area (Å²) < 4.78 is 12.7. The Morgan fingerprint density at radius 1 is 0.650 bits per heavy atom. The smallest absolute Gasteiger partial charge is 0.157 e. The third-order valence-electron chi connectivity index (χ3n) is 8.73. The second-order valence-corrected chi connectivity index (χ2v) is 11.1. The van der Waals surface area contributed by atoms with E-state index in [2.05, 4.69) is 0 Å². The zero-order valence-corrected chi connectivity index (χ0v) is 21.5. The summed E-state index contributed by atoms with van der Waals surface area (Å²) in [5, 5.41) is 84.2. The van der Waals surface area contributed by atoms with E-state index in [9.17, 15) is 40.9 Å². The molecule has 2 heterocycles. The lowest BCUT2D eigenvalue weighted by atomic mass is 9.64. The standard InChI is InChI=1S/C30H32O10/c31-16-11-22(37)25-24(12-16)40-30(15-3-6-18(33)21(36)10-15)28(38)27(25)26-19(34)7-1-13-4-8-23(39-29(13)26)14-2-5-17(32)20(35)9-14/h2-3,5-6,9-13,19,23,26-38H,1,4,7-8H2/t13?,19?,23?,26?,27-,28?,29?,30?/m1/s1. The molecule has 40 heavy (non-hydrogen) atoms. The molecule has 3 aliphatic rings. The third-order valence-corrected chi connectivity index (χ3v) is 8.73. The molecule has 1 saturated heterocycles. The van der Waals surface area contributed by atoms with Crippen molar-refractivity contribution < 1.29 is 50.3 Å². The first kappa shape index (κ1) is 26.4. The van der Waals surface area contributed by atoms with Crippen molar-refractivity contribution in [3.05, 3.63) is 65.2 Å². The van der Waals surface area contributed by atoms with Crippen molar-refractivity contribution in [1.82, 2.24) is 0 Å². The maximum atomic E-state index is 11.8. The molecule has 10 heteroatoms. The van der Waals surface area contributed by atoms with Gasteiger partial charge in [0.2, 0.25) is 0 Å². The Hall–Kier alpha value is -3.86. The van der Waals surface area contributed by atoms with Gasteiger partial charge in [0.15, 0.2) is 29.1 Å². The highest BCUT2D eigenvalue weighted by Crippen LogP contribution is 2.56. The second-order valence-electron chi connectivity index (χ2n) is 11.1. The van der Waals surface area contributed by atoms with Gasteiger partial charge in [-0.3, -0.25) is 0 Å². The first-order valence-corrected chi connectivity index (χ1v) is 13.4. The number of fused-ring (bicyclic) bond motifs is 2. The molecular weight excluding hydrogens is 520 g/mol. The molecule has 1 saturated carbocycles. The number of aliphatic hydroxyl groups is 2. The van der Waals surface area contributed by atoms with E-state index >= 15 is 0 Å². The summed E-state index contributed by atoms with van der Waals surface area (Å²) in [4.78, 5) is 0. The van der Waals surface area contributed by atoms with Gasteiger partial charge in [0, 0.05) is 29.5 Å². The van der Waals surface area contributed by atoms with Gasteiger partial charge >= 0.3 is 0 Å². The Morgan fingerprint density at radius 2 is 1.30 bits per heavy atom. The Morgan fingerprint density at radius 3 is 2.00 bits per heavy atom. The largest absolute Gasteiger partial charge is 0.508 e. The molecule has 0 aromatic heterocycles.